The van der Waals surface area contributed by atoms with E-state index in [1.165, 1.54) is 12.5 Å². The van der Waals surface area contributed by atoms with Gasteiger partial charge in [-0.3, -0.25) is 62.3 Å². The summed E-state index contributed by atoms with van der Waals surface area (Å²) in [6, 6.07) is -20.6. The molecule has 0 bridgehead atoms. The number of carboxylic acids is 2. The summed E-state index contributed by atoms with van der Waals surface area (Å²) >= 11 is 0. The lowest BCUT2D eigenvalue weighted by Gasteiger charge is -2.48. The number of carbonyl (C=O) groups is 13. The fraction of sp³-hybridized carbons (Fsp3) is 0.714. The number of H-pyrrole nitrogens is 1. The summed E-state index contributed by atoms with van der Waals surface area (Å²) in [5.41, 5.74) is 5.92. The lowest BCUT2D eigenvalue weighted by molar-refractivity contribution is -0.332. The minimum Gasteiger partial charge on any atom is -0.481 e. The van der Waals surface area contributed by atoms with Gasteiger partial charge in [0.05, 0.1) is 57.2 Å². The number of aliphatic carboxylic acids is 2. The number of hydrogen-bond acceptors (Lipinski definition) is 29. The van der Waals surface area contributed by atoms with Gasteiger partial charge in [0, 0.05) is 45.1 Å². The number of carbonyl (C=O) groups excluding carboxylic acids is 11. The molecule has 0 radical (unpaired) electrons. The monoisotopic (exact) mass is 1420 g/mol. The largest absolute Gasteiger partial charge is 0.481 e. The predicted molar refractivity (Wildman–Crippen MR) is 325 cm³/mol. The van der Waals surface area contributed by atoms with Crippen molar-refractivity contribution >= 4 is 76.9 Å². The Balaban J connectivity index is 1.68. The van der Waals surface area contributed by atoms with Crippen LogP contribution in [0.3, 0.4) is 0 Å². The van der Waals surface area contributed by atoms with E-state index >= 15 is 0 Å². The van der Waals surface area contributed by atoms with Gasteiger partial charge in [0.2, 0.25) is 65.0 Å². The highest BCUT2D eigenvalue weighted by molar-refractivity contribution is 5.99. The zero-order chi connectivity index (χ0) is 74.4. The first-order valence-electron chi connectivity index (χ1n) is 31.1. The van der Waals surface area contributed by atoms with Crippen molar-refractivity contribution in [1.29, 1.82) is 0 Å². The molecule has 0 spiro atoms. The summed E-state index contributed by atoms with van der Waals surface area (Å²) in [5.74, 6) is -16.0. The zero-order valence-corrected chi connectivity index (χ0v) is 54.5. The van der Waals surface area contributed by atoms with Crippen molar-refractivity contribution in [2.45, 2.75) is 214 Å². The molecule has 3 aliphatic rings. The summed E-state index contributed by atoms with van der Waals surface area (Å²) in [5, 5.41) is 147. The summed E-state index contributed by atoms with van der Waals surface area (Å²) < 4.78 is 23.7. The minimum absolute atomic E-state index is 0.0522. The quantitative estimate of drug-likeness (QED) is 0.0294. The maximum atomic E-state index is 14.8. The van der Waals surface area contributed by atoms with E-state index in [9.17, 15) is 119 Å². The number of likely N-dealkylation sites (tertiary alicyclic amines) is 1. The predicted octanol–water partition coefficient (Wildman–Crippen LogP) is -13.8. The van der Waals surface area contributed by atoms with E-state index in [1.54, 1.807) is 0 Å². The van der Waals surface area contributed by atoms with E-state index in [1.807, 2.05) is 0 Å². The molecule has 99 heavy (non-hydrogen) atoms. The Kier molecular flexibility index (Phi) is 32.7. The van der Waals surface area contributed by atoms with Crippen LogP contribution in [-0.4, -0.2) is 333 Å². The number of nitrogens with zero attached hydrogens (tertiary/aromatic N) is 2. The summed E-state index contributed by atoms with van der Waals surface area (Å²) in [4.78, 5) is 181. The third kappa shape index (κ3) is 23.7. The Hall–Kier alpha value is -8.28. The number of nitrogens with one attached hydrogen (secondary N) is 11. The second-order valence-corrected chi connectivity index (χ2v) is 23.6. The van der Waals surface area contributed by atoms with Crippen molar-refractivity contribution in [3.63, 3.8) is 0 Å². The Labute approximate surface area is 563 Å². The topological polar surface area (TPSA) is 680 Å². The number of aromatic nitrogens is 2. The Bertz CT molecular complexity index is 2950. The molecule has 3 fully saturated rings. The molecular formula is C56H90N14O29. The van der Waals surface area contributed by atoms with E-state index < -0.39 is 269 Å². The smallest absolute Gasteiger partial charge is 0.322 e. The number of imidazole rings is 1. The maximum Gasteiger partial charge on any atom is 0.322 e. The van der Waals surface area contributed by atoms with E-state index in [4.69, 9.17) is 29.8 Å². The average molecular weight is 1420 g/mol. The summed E-state index contributed by atoms with van der Waals surface area (Å²) in [7, 11) is 0. The van der Waals surface area contributed by atoms with Crippen LogP contribution in [0.25, 0.3) is 0 Å². The Morgan fingerprint density at radius 3 is 1.67 bits per heavy atom. The number of ether oxygens (including phenoxy) is 4. The van der Waals surface area contributed by atoms with Gasteiger partial charge in [-0.05, 0) is 47.0 Å². The van der Waals surface area contributed by atoms with Crippen molar-refractivity contribution in [2.75, 3.05) is 39.5 Å². The first-order valence-corrected chi connectivity index (χ1v) is 31.1. The van der Waals surface area contributed by atoms with E-state index in [-0.39, 0.29) is 25.1 Å². The fourth-order valence-electron chi connectivity index (χ4n) is 10.5. The SMILES string of the molecule is CC(=O)N[C@H]1[C@H](O[C@H]2[C@@H](O)[C@@H](CO)O[C@H](O[C@H](C)[C@H](NC(=O)[C@H](CCC(=O)O)NC(=O)[C@@H](N)[C@@H](C)O)C(=O)N[C@H](C(=O)N[C@@H](CO)C(=O)N[C@@H](Cc3cnc[nH]3)C(=O)N[C@@H](CO)C(=O)N[C@H](C(=O)N3CCC[C@H]3C(=O)NCC(=O)O)[C@@H](C)O)[C@@H](C)O)[C@@H]2NC(C)=O)O[C@H](CO)[C@@H](O)[C@@H]1O. The van der Waals surface area contributed by atoms with E-state index in [0.29, 0.717) is 0 Å². The van der Waals surface area contributed by atoms with Crippen molar-refractivity contribution < 1.29 is 143 Å². The van der Waals surface area contributed by atoms with Gasteiger partial charge in [0.15, 0.2) is 12.6 Å². The number of nitrogens with two attached hydrogens (primary N) is 1. The van der Waals surface area contributed by atoms with Crippen LogP contribution < -0.4 is 58.9 Å². The van der Waals surface area contributed by atoms with Gasteiger partial charge in [-0.25, -0.2) is 4.98 Å². The molecule has 558 valence electrons. The van der Waals surface area contributed by atoms with Crippen LogP contribution >= 0.6 is 0 Å². The van der Waals surface area contributed by atoms with E-state index in [0.717, 1.165) is 46.4 Å². The number of aliphatic hydroxyl groups is 10. The molecule has 23 atom stereocenters. The number of carboxylic acid groups (broad SMARTS) is 2. The molecule has 0 saturated carbocycles. The molecule has 0 unspecified atom stereocenters. The second-order valence-electron chi connectivity index (χ2n) is 23.6. The fourth-order valence-corrected chi connectivity index (χ4v) is 10.5. The van der Waals surface area contributed by atoms with Gasteiger partial charge in [-0.2, -0.15) is 0 Å². The third-order valence-electron chi connectivity index (χ3n) is 15.9. The average Bonchev–Trinajstić information content (AvgIpc) is 1.77. The Morgan fingerprint density at radius 2 is 1.13 bits per heavy atom. The molecule has 1 aromatic rings. The number of amides is 11. The molecule has 0 aromatic carbocycles. The normalized spacial score (nSPS) is 25.8. The van der Waals surface area contributed by atoms with Crippen LogP contribution in [0, 0.1) is 0 Å². The lowest BCUT2D eigenvalue weighted by atomic mass is 9.94. The zero-order valence-electron chi connectivity index (χ0n) is 54.5. The van der Waals surface area contributed by atoms with Gasteiger partial charge < -0.3 is 149 Å². The van der Waals surface area contributed by atoms with Crippen molar-refractivity contribution in [1.82, 2.24) is 68.0 Å². The number of hydrogen-bond donors (Lipinski definition) is 24. The van der Waals surface area contributed by atoms with Crippen molar-refractivity contribution in [3.05, 3.63) is 18.2 Å². The molecule has 4 heterocycles. The van der Waals surface area contributed by atoms with E-state index in [2.05, 4.69) is 63.1 Å². The minimum atomic E-state index is -2.28. The maximum absolute atomic E-state index is 14.8. The van der Waals surface area contributed by atoms with Gasteiger partial charge in [0.25, 0.3) is 0 Å². The second kappa shape index (κ2) is 38.9. The highest BCUT2D eigenvalue weighted by Gasteiger charge is 2.53. The first kappa shape index (κ1) is 83.1. The van der Waals surface area contributed by atoms with Gasteiger partial charge in [-0.15, -0.1) is 0 Å². The molecule has 0 aliphatic carbocycles. The number of rotatable bonds is 37. The first-order chi connectivity index (χ1) is 46.5. The standard InChI is InChI=1S/C56H90N14O29/c1-20(75)36(57)51(92)63-27(9-10-34(80)81)46(87)69-39(23(4)96-56-41(62-25(6)79)45(43(85)33(18-74)98-56)99-55-40(61-24(5)78)44(86)42(84)32(17-73)97-55)53(94)67-37(21(2)76)52(93)66-29(15-71)48(89)64-28(12-26-13-58-19-60-26)47(88)65-30(16-72)49(90)68-38(22(3)77)54(95)70-11-7-8-31(70)50(91)59-14-35(82)83/h13,19-23,27-33,36-45,55-56,71-77,84-86H,7-12,14-18,57H2,1-6H3,(H,58,60)(H,59,91)(H,61,78)(H,62,79)(H,63,92)(H,64,89)(H,65,88)(H,66,93)(H,67,94)(H,68,90)(H,69,87)(H,80,81)(H,82,83)/t20-,21-,22-,23-,27+,28+,29+,30+,31+,32-,33-,36+,37+,38+,39+,40-,41-,42-,43+,44-,45-,55+,56+/m1/s1. The van der Waals surface area contributed by atoms with Crippen molar-refractivity contribution in [2.24, 2.45) is 5.73 Å². The van der Waals surface area contributed by atoms with Gasteiger partial charge in [0.1, 0.15) is 110 Å². The molecule has 11 amide bonds. The molecule has 25 N–H and O–H groups in total. The molecule has 3 saturated heterocycles. The summed E-state index contributed by atoms with van der Waals surface area (Å²) in [6.45, 7) is 0.799. The molecule has 43 nitrogen and oxygen atoms in total. The number of aliphatic hydroxyl groups excluding tert-OH is 10. The lowest BCUT2D eigenvalue weighted by Crippen LogP contribution is -2.70. The van der Waals surface area contributed by atoms with Crippen LogP contribution in [0.2, 0.25) is 0 Å². The highest BCUT2D eigenvalue weighted by Crippen LogP contribution is 2.31. The number of aromatic amines is 1. The van der Waals surface area contributed by atoms with Crippen LogP contribution in [-0.2, 0) is 87.7 Å². The van der Waals surface area contributed by atoms with Gasteiger partial charge in [-0.1, -0.05) is 0 Å². The third-order valence-corrected chi connectivity index (χ3v) is 15.9. The molecular weight excluding hydrogens is 1330 g/mol. The molecule has 43 heteroatoms. The summed E-state index contributed by atoms with van der Waals surface area (Å²) in [6.07, 6.45) is -21.6. The van der Waals surface area contributed by atoms with Crippen LogP contribution in [0.4, 0.5) is 0 Å². The highest BCUT2D eigenvalue weighted by atomic mass is 16.7. The molecule has 3 aliphatic heterocycles. The van der Waals surface area contributed by atoms with Crippen LogP contribution in [0.5, 0.6) is 0 Å². The van der Waals surface area contributed by atoms with Gasteiger partial charge >= 0.3 is 11.9 Å². The van der Waals surface area contributed by atoms with Crippen molar-refractivity contribution in [3.8, 4) is 0 Å². The van der Waals surface area contributed by atoms with Crippen LogP contribution in [0.1, 0.15) is 72.9 Å². The molecule has 4 rings (SSSR count). The van der Waals surface area contributed by atoms with Crippen LogP contribution in [0.15, 0.2) is 12.5 Å². The Morgan fingerprint density at radius 1 is 0.626 bits per heavy atom. The molecule has 1 aromatic heterocycles.